The van der Waals surface area contributed by atoms with E-state index in [0.29, 0.717) is 11.4 Å². The van der Waals surface area contributed by atoms with Gasteiger partial charge >= 0.3 is 0 Å². The van der Waals surface area contributed by atoms with Crippen LogP contribution in [0.25, 0.3) is 11.4 Å². The maximum Gasteiger partial charge on any atom is 0.204 e. The minimum atomic E-state index is -0.378. The lowest BCUT2D eigenvalue weighted by atomic mass is 10.1. The Morgan fingerprint density at radius 2 is 1.77 bits per heavy atom. The fourth-order valence-corrected chi connectivity index (χ4v) is 1.98. The number of tetrazole rings is 1. The zero-order valence-corrected chi connectivity index (χ0v) is 11.9. The molecule has 3 rings (SSSR count). The number of aromatic nitrogens is 4. The first-order chi connectivity index (χ1) is 10.6. The van der Waals surface area contributed by atoms with Crippen molar-refractivity contribution in [2.45, 2.75) is 13.5 Å². The van der Waals surface area contributed by atoms with Crippen molar-refractivity contribution in [3.8, 4) is 11.4 Å². The van der Waals surface area contributed by atoms with Crippen molar-refractivity contribution < 1.29 is 9.18 Å². The Kier molecular flexibility index (Phi) is 3.74. The van der Waals surface area contributed by atoms with Gasteiger partial charge in [0.05, 0.1) is 0 Å². The molecule has 0 spiro atoms. The number of halogens is 1. The Balaban J connectivity index is 1.75. The largest absolute Gasteiger partial charge is 0.292 e. The van der Waals surface area contributed by atoms with E-state index in [2.05, 4.69) is 15.4 Å². The minimum Gasteiger partial charge on any atom is -0.292 e. The number of rotatable bonds is 4. The molecule has 0 unspecified atom stereocenters. The van der Waals surface area contributed by atoms with Gasteiger partial charge in [0.15, 0.2) is 5.78 Å². The third-order valence-electron chi connectivity index (χ3n) is 3.21. The molecule has 6 heteroatoms. The summed E-state index contributed by atoms with van der Waals surface area (Å²) in [5, 5.41) is 12.0. The van der Waals surface area contributed by atoms with Crippen LogP contribution in [0.4, 0.5) is 4.39 Å². The third kappa shape index (κ3) is 3.06. The van der Waals surface area contributed by atoms with Crippen molar-refractivity contribution in [1.29, 1.82) is 0 Å². The van der Waals surface area contributed by atoms with Gasteiger partial charge in [-0.25, -0.2) is 4.39 Å². The Morgan fingerprint density at radius 1 is 1.09 bits per heavy atom. The molecular formula is C16H13FN4O. The predicted molar refractivity (Wildman–Crippen MR) is 78.7 cm³/mol. The van der Waals surface area contributed by atoms with Crippen LogP contribution in [0.5, 0.6) is 0 Å². The summed E-state index contributed by atoms with van der Waals surface area (Å²) >= 11 is 0. The molecule has 1 aromatic heterocycles. The van der Waals surface area contributed by atoms with E-state index in [9.17, 15) is 9.18 Å². The van der Waals surface area contributed by atoms with Gasteiger partial charge in [0.2, 0.25) is 5.82 Å². The van der Waals surface area contributed by atoms with E-state index >= 15 is 0 Å². The van der Waals surface area contributed by atoms with E-state index in [-0.39, 0.29) is 18.1 Å². The van der Waals surface area contributed by atoms with Crippen LogP contribution in [0.2, 0.25) is 0 Å². The van der Waals surface area contributed by atoms with Crippen molar-refractivity contribution in [3.05, 3.63) is 65.5 Å². The van der Waals surface area contributed by atoms with E-state index in [0.717, 1.165) is 11.1 Å². The summed E-state index contributed by atoms with van der Waals surface area (Å²) in [5.74, 6) is -0.114. The van der Waals surface area contributed by atoms with Gasteiger partial charge in [-0.05, 0) is 36.4 Å². The molecule has 5 nitrogen and oxygen atoms in total. The van der Waals surface area contributed by atoms with Crippen LogP contribution in [0.3, 0.4) is 0 Å². The summed E-state index contributed by atoms with van der Waals surface area (Å²) in [7, 11) is 0. The number of hydrogen-bond donors (Lipinski definition) is 0. The van der Waals surface area contributed by atoms with Gasteiger partial charge < -0.3 is 0 Å². The van der Waals surface area contributed by atoms with E-state index < -0.39 is 0 Å². The molecule has 2 aromatic carbocycles. The molecule has 1 heterocycles. The highest BCUT2D eigenvalue weighted by Gasteiger charge is 2.11. The Bertz CT molecular complexity index is 794. The minimum absolute atomic E-state index is 0.0372. The quantitative estimate of drug-likeness (QED) is 0.694. The monoisotopic (exact) mass is 296 g/mol. The van der Waals surface area contributed by atoms with E-state index in [4.69, 9.17) is 0 Å². The summed E-state index contributed by atoms with van der Waals surface area (Å²) in [6, 6.07) is 13.1. The fraction of sp³-hybridized carbons (Fsp3) is 0.125. The van der Waals surface area contributed by atoms with Crippen LogP contribution >= 0.6 is 0 Å². The van der Waals surface area contributed by atoms with Crippen molar-refractivity contribution in [2.24, 2.45) is 0 Å². The summed E-state index contributed by atoms with van der Waals surface area (Å²) in [6.45, 7) is 1.96. The number of Topliss-reactive ketones (excluding diaryl/α,β-unsaturated/α-hetero) is 1. The summed E-state index contributed by atoms with van der Waals surface area (Å²) in [5.41, 5.74) is 2.39. The third-order valence-corrected chi connectivity index (χ3v) is 3.21. The van der Waals surface area contributed by atoms with Crippen LogP contribution < -0.4 is 0 Å². The molecule has 22 heavy (non-hydrogen) atoms. The summed E-state index contributed by atoms with van der Waals surface area (Å²) < 4.78 is 12.8. The molecule has 0 radical (unpaired) electrons. The second-order valence-electron chi connectivity index (χ2n) is 4.94. The van der Waals surface area contributed by atoms with Gasteiger partial charge in [-0.3, -0.25) is 4.79 Å². The molecule has 0 saturated carbocycles. The lowest BCUT2D eigenvalue weighted by Crippen LogP contribution is -2.13. The second kappa shape index (κ2) is 5.85. The Hall–Kier alpha value is -2.89. The molecule has 0 atom stereocenters. The first kappa shape index (κ1) is 14.1. The topological polar surface area (TPSA) is 60.7 Å². The highest BCUT2D eigenvalue weighted by molar-refractivity contribution is 5.95. The van der Waals surface area contributed by atoms with E-state index in [1.807, 2.05) is 31.2 Å². The van der Waals surface area contributed by atoms with Crippen LogP contribution in [-0.4, -0.2) is 26.0 Å². The molecule has 0 saturated heterocycles. The number of carbonyl (C=O) groups excluding carboxylic acids is 1. The number of nitrogens with zero attached hydrogens (tertiary/aromatic N) is 4. The first-order valence-electron chi connectivity index (χ1n) is 6.75. The zero-order valence-electron chi connectivity index (χ0n) is 11.9. The van der Waals surface area contributed by atoms with E-state index in [1.165, 1.54) is 29.1 Å². The van der Waals surface area contributed by atoms with Gasteiger partial charge in [-0.1, -0.05) is 29.8 Å². The Morgan fingerprint density at radius 3 is 2.45 bits per heavy atom. The number of ketones is 1. The summed E-state index contributed by atoms with van der Waals surface area (Å²) in [6.07, 6.45) is 0. The molecule has 3 aromatic rings. The number of hydrogen-bond acceptors (Lipinski definition) is 4. The molecule has 0 aliphatic carbocycles. The van der Waals surface area contributed by atoms with Crippen molar-refractivity contribution in [2.75, 3.05) is 0 Å². The number of benzene rings is 2. The summed E-state index contributed by atoms with van der Waals surface area (Å²) in [4.78, 5) is 13.3. The highest BCUT2D eigenvalue weighted by Crippen LogP contribution is 2.14. The molecule has 0 fully saturated rings. The van der Waals surface area contributed by atoms with Crippen molar-refractivity contribution in [1.82, 2.24) is 20.2 Å². The zero-order chi connectivity index (χ0) is 15.5. The first-order valence-corrected chi connectivity index (χ1v) is 6.75. The number of carbonyl (C=O) groups is 1. The van der Waals surface area contributed by atoms with Crippen LogP contribution in [0.15, 0.2) is 48.5 Å². The second-order valence-corrected chi connectivity index (χ2v) is 4.94. The Labute approximate surface area is 126 Å². The van der Waals surface area contributed by atoms with Crippen LogP contribution in [0, 0.1) is 12.7 Å². The van der Waals surface area contributed by atoms with Crippen molar-refractivity contribution in [3.63, 3.8) is 0 Å². The molecule has 0 N–H and O–H groups in total. The van der Waals surface area contributed by atoms with Gasteiger partial charge in [0.25, 0.3) is 0 Å². The molecular weight excluding hydrogens is 283 g/mol. The number of aryl methyl sites for hydroxylation is 1. The molecule has 110 valence electrons. The van der Waals surface area contributed by atoms with Crippen molar-refractivity contribution >= 4 is 5.78 Å². The average Bonchev–Trinajstić information content (AvgIpc) is 2.97. The fourth-order valence-electron chi connectivity index (χ4n) is 1.98. The smallest absolute Gasteiger partial charge is 0.204 e. The van der Waals surface area contributed by atoms with Crippen LogP contribution in [0.1, 0.15) is 15.9 Å². The maximum absolute atomic E-state index is 12.8. The average molecular weight is 296 g/mol. The molecule has 0 amide bonds. The molecule has 0 aliphatic rings. The molecule has 0 aliphatic heterocycles. The standard InChI is InChI=1S/C16H13FN4O/c1-11-2-4-13(5-3-11)16-18-20-21(19-16)10-15(22)12-6-8-14(17)9-7-12/h2-9H,10H2,1H3. The van der Waals surface area contributed by atoms with Gasteiger partial charge in [-0.15, -0.1) is 10.2 Å². The lowest BCUT2D eigenvalue weighted by Gasteiger charge is -1.99. The van der Waals surface area contributed by atoms with Gasteiger partial charge in [0, 0.05) is 11.1 Å². The van der Waals surface area contributed by atoms with Crippen LogP contribution in [-0.2, 0) is 6.54 Å². The normalized spacial score (nSPS) is 10.6. The lowest BCUT2D eigenvalue weighted by molar-refractivity contribution is 0.0961. The molecule has 0 bridgehead atoms. The van der Waals surface area contributed by atoms with Gasteiger partial charge in [0.1, 0.15) is 12.4 Å². The van der Waals surface area contributed by atoms with E-state index in [1.54, 1.807) is 0 Å². The SMILES string of the molecule is Cc1ccc(-c2nnn(CC(=O)c3ccc(F)cc3)n2)cc1. The van der Waals surface area contributed by atoms with Gasteiger partial charge in [-0.2, -0.15) is 4.80 Å². The highest BCUT2D eigenvalue weighted by atomic mass is 19.1. The predicted octanol–water partition coefficient (Wildman–Crippen LogP) is 2.67. The maximum atomic E-state index is 12.8.